The zero-order chi connectivity index (χ0) is 13.8. The van der Waals surface area contributed by atoms with Crippen LogP contribution in [0.1, 0.15) is 38.1 Å². The Morgan fingerprint density at radius 1 is 1.21 bits per heavy atom. The van der Waals surface area contributed by atoms with Crippen molar-refractivity contribution in [3.05, 3.63) is 35.8 Å². The van der Waals surface area contributed by atoms with E-state index in [-0.39, 0.29) is 0 Å². The molecular formula is C15H20N4. The molecule has 0 aliphatic carbocycles. The van der Waals surface area contributed by atoms with Crippen LogP contribution in [0.2, 0.25) is 0 Å². The summed E-state index contributed by atoms with van der Waals surface area (Å²) in [5.74, 6) is 1.98. The number of hydrogen-bond donors (Lipinski definition) is 1. The maximum atomic E-state index is 4.62. The maximum Gasteiger partial charge on any atom is 0.163 e. The van der Waals surface area contributed by atoms with E-state index in [1.807, 2.05) is 31.3 Å². The second kappa shape index (κ2) is 5.78. The van der Waals surface area contributed by atoms with Crippen molar-refractivity contribution in [2.45, 2.75) is 33.6 Å². The largest absolute Gasteiger partial charge is 0.370 e. The lowest BCUT2D eigenvalue weighted by Crippen LogP contribution is -2.05. The first kappa shape index (κ1) is 13.5. The molecule has 4 nitrogen and oxygen atoms in total. The van der Waals surface area contributed by atoms with Crippen molar-refractivity contribution in [3.63, 3.8) is 0 Å². The third kappa shape index (κ3) is 3.28. The van der Waals surface area contributed by atoms with Crippen LogP contribution in [-0.4, -0.2) is 21.5 Å². The number of anilines is 1. The van der Waals surface area contributed by atoms with E-state index in [2.05, 4.69) is 41.0 Å². The van der Waals surface area contributed by atoms with Gasteiger partial charge in [0.1, 0.15) is 5.82 Å². The van der Waals surface area contributed by atoms with Gasteiger partial charge in [-0.3, -0.25) is 4.98 Å². The van der Waals surface area contributed by atoms with Gasteiger partial charge in [-0.25, -0.2) is 9.97 Å². The van der Waals surface area contributed by atoms with Gasteiger partial charge < -0.3 is 5.32 Å². The number of aryl methyl sites for hydroxylation is 1. The van der Waals surface area contributed by atoms with Gasteiger partial charge in [-0.05, 0) is 31.9 Å². The zero-order valence-corrected chi connectivity index (χ0v) is 11.9. The Bertz CT molecular complexity index is 547. The summed E-state index contributed by atoms with van der Waals surface area (Å²) in [4.78, 5) is 13.5. The molecule has 0 atom stereocenters. The van der Waals surface area contributed by atoms with Crippen LogP contribution in [0.25, 0.3) is 11.4 Å². The van der Waals surface area contributed by atoms with Crippen LogP contribution in [-0.2, 0) is 0 Å². The minimum atomic E-state index is 0.373. The highest BCUT2D eigenvalue weighted by Crippen LogP contribution is 2.21. The number of pyridine rings is 1. The van der Waals surface area contributed by atoms with Crippen LogP contribution in [0.5, 0.6) is 0 Å². The summed E-state index contributed by atoms with van der Waals surface area (Å²) in [6.45, 7) is 9.15. The highest BCUT2D eigenvalue weighted by molar-refractivity contribution is 5.56. The Hall–Kier alpha value is -1.97. The number of rotatable bonds is 4. The summed E-state index contributed by atoms with van der Waals surface area (Å²) in [6.07, 6.45) is 1.82. The second-order valence-corrected chi connectivity index (χ2v) is 4.87. The van der Waals surface area contributed by atoms with Gasteiger partial charge >= 0.3 is 0 Å². The molecule has 2 aromatic heterocycles. The maximum absolute atomic E-state index is 4.62. The fraction of sp³-hybridized carbons (Fsp3) is 0.400. The fourth-order valence-corrected chi connectivity index (χ4v) is 1.76. The predicted molar refractivity (Wildman–Crippen MR) is 78.3 cm³/mol. The summed E-state index contributed by atoms with van der Waals surface area (Å²) in [5.41, 5.74) is 2.99. The first-order valence-electron chi connectivity index (χ1n) is 6.66. The lowest BCUT2D eigenvalue weighted by Gasteiger charge is -2.11. The zero-order valence-electron chi connectivity index (χ0n) is 11.9. The van der Waals surface area contributed by atoms with E-state index < -0.39 is 0 Å². The summed E-state index contributed by atoms with van der Waals surface area (Å²) in [7, 11) is 0. The van der Waals surface area contributed by atoms with Gasteiger partial charge in [0.2, 0.25) is 0 Å². The topological polar surface area (TPSA) is 50.7 Å². The van der Waals surface area contributed by atoms with Crippen LogP contribution in [0.15, 0.2) is 24.4 Å². The molecule has 0 bridgehead atoms. The Labute approximate surface area is 114 Å². The number of nitrogens with zero attached hydrogens (tertiary/aromatic N) is 3. The van der Waals surface area contributed by atoms with Gasteiger partial charge in [0.25, 0.3) is 0 Å². The fourth-order valence-electron chi connectivity index (χ4n) is 1.76. The van der Waals surface area contributed by atoms with E-state index in [9.17, 15) is 0 Å². The second-order valence-electron chi connectivity index (χ2n) is 4.87. The molecule has 1 N–H and O–H groups in total. The Morgan fingerprint density at radius 2 is 2.00 bits per heavy atom. The summed E-state index contributed by atoms with van der Waals surface area (Å²) >= 11 is 0. The minimum Gasteiger partial charge on any atom is -0.370 e. The van der Waals surface area contributed by atoms with E-state index in [1.54, 1.807) is 0 Å². The van der Waals surface area contributed by atoms with Gasteiger partial charge in [-0.1, -0.05) is 13.8 Å². The molecule has 0 aliphatic heterocycles. The van der Waals surface area contributed by atoms with Crippen molar-refractivity contribution in [1.29, 1.82) is 0 Å². The smallest absolute Gasteiger partial charge is 0.163 e. The first-order chi connectivity index (χ1) is 9.10. The van der Waals surface area contributed by atoms with E-state index in [1.165, 1.54) is 0 Å². The summed E-state index contributed by atoms with van der Waals surface area (Å²) in [6, 6.07) is 6.00. The molecule has 2 heterocycles. The van der Waals surface area contributed by atoms with Crippen LogP contribution >= 0.6 is 0 Å². The number of hydrogen-bond acceptors (Lipinski definition) is 4. The molecule has 0 unspecified atom stereocenters. The standard InChI is InChI=1S/C15H20N4/c1-5-16-14-8-13(10(2)3)18-15(19-14)12-7-6-11(4)17-9-12/h6-10H,5H2,1-4H3,(H,16,18,19). The lowest BCUT2D eigenvalue weighted by atomic mass is 10.1. The summed E-state index contributed by atoms with van der Waals surface area (Å²) < 4.78 is 0. The monoisotopic (exact) mass is 256 g/mol. The van der Waals surface area contributed by atoms with Crippen LogP contribution in [0.3, 0.4) is 0 Å². The number of aromatic nitrogens is 3. The van der Waals surface area contributed by atoms with Crippen molar-refractivity contribution in [2.24, 2.45) is 0 Å². The average molecular weight is 256 g/mol. The van der Waals surface area contributed by atoms with E-state index in [0.29, 0.717) is 5.92 Å². The predicted octanol–water partition coefficient (Wildman–Crippen LogP) is 3.40. The van der Waals surface area contributed by atoms with Gasteiger partial charge in [-0.2, -0.15) is 0 Å². The molecule has 0 saturated heterocycles. The average Bonchev–Trinajstić information content (AvgIpc) is 2.39. The molecule has 19 heavy (non-hydrogen) atoms. The van der Waals surface area contributed by atoms with E-state index in [4.69, 9.17) is 0 Å². The van der Waals surface area contributed by atoms with Crippen molar-refractivity contribution < 1.29 is 0 Å². The summed E-state index contributed by atoms with van der Waals surface area (Å²) in [5, 5.41) is 3.25. The third-order valence-electron chi connectivity index (χ3n) is 2.86. The van der Waals surface area contributed by atoms with Crippen molar-refractivity contribution in [1.82, 2.24) is 15.0 Å². The molecule has 0 spiro atoms. The molecule has 2 aromatic rings. The van der Waals surface area contributed by atoms with Crippen LogP contribution in [0.4, 0.5) is 5.82 Å². The van der Waals surface area contributed by atoms with Gasteiger partial charge in [0, 0.05) is 35.8 Å². The van der Waals surface area contributed by atoms with E-state index >= 15 is 0 Å². The minimum absolute atomic E-state index is 0.373. The van der Waals surface area contributed by atoms with E-state index in [0.717, 1.165) is 35.1 Å². The molecule has 0 amide bonds. The normalized spacial score (nSPS) is 10.8. The molecule has 4 heteroatoms. The third-order valence-corrected chi connectivity index (χ3v) is 2.86. The Morgan fingerprint density at radius 3 is 2.58 bits per heavy atom. The van der Waals surface area contributed by atoms with Crippen LogP contribution in [0, 0.1) is 6.92 Å². The SMILES string of the molecule is CCNc1cc(C(C)C)nc(-c2ccc(C)nc2)n1. The first-order valence-corrected chi connectivity index (χ1v) is 6.66. The molecule has 0 saturated carbocycles. The van der Waals surface area contributed by atoms with Gasteiger partial charge in [0.15, 0.2) is 5.82 Å². The molecule has 0 fully saturated rings. The van der Waals surface area contributed by atoms with Crippen molar-refractivity contribution in [2.75, 3.05) is 11.9 Å². The highest BCUT2D eigenvalue weighted by atomic mass is 15.0. The van der Waals surface area contributed by atoms with Crippen molar-refractivity contribution in [3.8, 4) is 11.4 Å². The van der Waals surface area contributed by atoms with Gasteiger partial charge in [-0.15, -0.1) is 0 Å². The Balaban J connectivity index is 2.46. The Kier molecular flexibility index (Phi) is 4.10. The molecule has 0 radical (unpaired) electrons. The molecule has 100 valence electrons. The lowest BCUT2D eigenvalue weighted by molar-refractivity contribution is 0.816. The van der Waals surface area contributed by atoms with Crippen molar-refractivity contribution >= 4 is 5.82 Å². The van der Waals surface area contributed by atoms with Gasteiger partial charge in [0.05, 0.1) is 0 Å². The quantitative estimate of drug-likeness (QED) is 0.910. The molecular weight excluding hydrogens is 236 g/mol. The molecule has 2 rings (SSSR count). The molecule has 0 aliphatic rings. The van der Waals surface area contributed by atoms with Crippen LogP contribution < -0.4 is 5.32 Å². The highest BCUT2D eigenvalue weighted by Gasteiger charge is 2.09. The number of nitrogens with one attached hydrogen (secondary N) is 1. The molecule has 0 aromatic carbocycles.